The van der Waals surface area contributed by atoms with Gasteiger partial charge in [-0.05, 0) is 38.5 Å². The predicted octanol–water partition coefficient (Wildman–Crippen LogP) is 9.40. The number of alkyl halides is 17. The minimum atomic E-state index is -8.61. The normalized spacial score (nSPS) is 15.8. The van der Waals surface area contributed by atoms with Gasteiger partial charge in [0.25, 0.3) is 0 Å². The Hall–Kier alpha value is -2.43. The van der Waals surface area contributed by atoms with Crippen molar-refractivity contribution in [1.82, 2.24) is 0 Å². The van der Waals surface area contributed by atoms with E-state index in [9.17, 15) is 74.6 Å². The molecule has 40 heavy (non-hydrogen) atoms. The topological polar surface area (TPSA) is 9.23 Å². The Balaban J connectivity index is 3.78. The summed E-state index contributed by atoms with van der Waals surface area (Å²) in [5.74, 6) is -63.7. The maximum absolute atomic E-state index is 14.5. The van der Waals surface area contributed by atoms with Gasteiger partial charge in [0.05, 0.1) is 6.10 Å². The van der Waals surface area contributed by atoms with E-state index < -0.39 is 83.0 Å². The highest BCUT2D eigenvalue weighted by Gasteiger charge is 2.95. The molecule has 0 bridgehead atoms. The lowest BCUT2D eigenvalue weighted by atomic mass is 9.85. The Labute approximate surface area is 215 Å². The van der Waals surface area contributed by atoms with Gasteiger partial charge in [-0.2, -0.15) is 70.2 Å². The fourth-order valence-electron chi connectivity index (χ4n) is 3.09. The van der Waals surface area contributed by atoms with Crippen LogP contribution in [0, 0.1) is 0 Å². The Morgan fingerprint density at radius 1 is 0.700 bits per heavy atom. The first kappa shape index (κ1) is 35.6. The highest BCUT2D eigenvalue weighted by atomic mass is 19.4. The average molecular weight is 622 g/mol. The molecule has 18 heteroatoms. The molecule has 1 rings (SSSR count). The predicted molar refractivity (Wildman–Crippen MR) is 106 cm³/mol. The third-order valence-corrected chi connectivity index (χ3v) is 5.49. The zero-order valence-corrected chi connectivity index (χ0v) is 20.2. The number of benzene rings is 1. The van der Waals surface area contributed by atoms with Gasteiger partial charge >= 0.3 is 47.4 Å². The van der Waals surface area contributed by atoms with E-state index in [0.29, 0.717) is 12.1 Å². The summed E-state index contributed by atoms with van der Waals surface area (Å²) in [5.41, 5.74) is -2.97. The van der Waals surface area contributed by atoms with Crippen molar-refractivity contribution < 1.29 is 79.4 Å². The molecule has 0 aliphatic carbocycles. The second kappa shape index (κ2) is 10.4. The van der Waals surface area contributed by atoms with E-state index in [4.69, 9.17) is 4.74 Å². The number of hydrogen-bond acceptors (Lipinski definition) is 1. The molecule has 1 aromatic carbocycles. The van der Waals surface area contributed by atoms with Crippen molar-refractivity contribution in [2.75, 3.05) is 0 Å². The van der Waals surface area contributed by atoms with E-state index in [2.05, 4.69) is 6.58 Å². The van der Waals surface area contributed by atoms with Crippen LogP contribution in [0.2, 0.25) is 0 Å². The molecule has 232 valence electrons. The molecule has 1 aromatic rings. The number of rotatable bonds is 13. The lowest BCUT2D eigenvalue weighted by Gasteiger charge is -2.44. The fourth-order valence-corrected chi connectivity index (χ4v) is 3.09. The summed E-state index contributed by atoms with van der Waals surface area (Å²) in [7, 11) is 0. The molecule has 0 fully saturated rings. The second-order valence-electron chi connectivity index (χ2n) is 8.64. The first-order chi connectivity index (χ1) is 17.6. The summed E-state index contributed by atoms with van der Waals surface area (Å²) in [5, 5.41) is 0. The molecule has 1 nitrogen and oxygen atoms in total. The summed E-state index contributed by atoms with van der Waals surface area (Å²) in [6.07, 6.45) is -6.37. The summed E-state index contributed by atoms with van der Waals surface area (Å²) >= 11 is 0. The van der Waals surface area contributed by atoms with Crippen molar-refractivity contribution >= 4 is 6.08 Å². The van der Waals surface area contributed by atoms with Crippen molar-refractivity contribution in [3.8, 4) is 5.75 Å². The molecule has 0 heterocycles. The molecule has 0 N–H and O–H groups in total. The van der Waals surface area contributed by atoms with Crippen molar-refractivity contribution in [3.05, 3.63) is 35.9 Å². The lowest BCUT2D eigenvalue weighted by molar-refractivity contribution is -0.456. The number of ether oxygens (including phenoxy) is 1. The zero-order chi connectivity index (χ0) is 32.1. The van der Waals surface area contributed by atoms with E-state index in [1.54, 1.807) is 0 Å². The SMILES string of the molecule is C=Cc1cc(C(F)(F)C(F)(F)C(F)(F)C(F)(F)C(F)(F)C(F)(F)C(F)(F)C(F)(F)C(F)CC)ccc1OC(C)C. The Morgan fingerprint density at radius 3 is 1.48 bits per heavy atom. The molecule has 0 aliphatic rings. The fraction of sp³-hybridized carbons (Fsp3) is 0.636. The van der Waals surface area contributed by atoms with Gasteiger partial charge in [0.2, 0.25) is 0 Å². The highest BCUT2D eigenvalue weighted by molar-refractivity contribution is 5.57. The molecular weight excluding hydrogens is 603 g/mol. The number of halogens is 17. The molecule has 0 amide bonds. The largest absolute Gasteiger partial charge is 0.490 e. The smallest absolute Gasteiger partial charge is 0.385 e. The van der Waals surface area contributed by atoms with Crippen LogP contribution in [0.1, 0.15) is 38.3 Å². The van der Waals surface area contributed by atoms with Crippen LogP contribution in [0.5, 0.6) is 5.75 Å². The third-order valence-electron chi connectivity index (χ3n) is 5.49. The molecule has 1 unspecified atom stereocenters. The maximum atomic E-state index is 14.5. The highest BCUT2D eigenvalue weighted by Crippen LogP contribution is 2.65. The van der Waals surface area contributed by atoms with Crippen LogP contribution in [-0.2, 0) is 5.92 Å². The first-order valence-electron chi connectivity index (χ1n) is 10.7. The molecular formula is C22H19F17O. The maximum Gasteiger partial charge on any atom is 0.385 e. The molecule has 0 spiro atoms. The molecule has 0 saturated heterocycles. The van der Waals surface area contributed by atoms with Crippen LogP contribution in [0.3, 0.4) is 0 Å². The molecule has 0 saturated carbocycles. The van der Waals surface area contributed by atoms with Crippen molar-refractivity contribution in [2.24, 2.45) is 0 Å². The van der Waals surface area contributed by atoms with E-state index in [1.165, 1.54) is 13.8 Å². The second-order valence-corrected chi connectivity index (χ2v) is 8.64. The van der Waals surface area contributed by atoms with Crippen LogP contribution >= 0.6 is 0 Å². The van der Waals surface area contributed by atoms with Gasteiger partial charge in [-0.25, -0.2) is 4.39 Å². The van der Waals surface area contributed by atoms with E-state index in [-0.39, 0.29) is 19.1 Å². The summed E-state index contributed by atoms with van der Waals surface area (Å²) in [6, 6.07) is 0.194. The number of hydrogen-bond donors (Lipinski definition) is 0. The van der Waals surface area contributed by atoms with Crippen molar-refractivity contribution in [2.45, 2.75) is 86.8 Å². The molecule has 0 radical (unpaired) electrons. The monoisotopic (exact) mass is 622 g/mol. The minimum absolute atomic E-state index is 0.0968. The van der Waals surface area contributed by atoms with E-state index >= 15 is 0 Å². The summed E-state index contributed by atoms with van der Waals surface area (Å²) in [4.78, 5) is 0. The third kappa shape index (κ3) is 4.86. The van der Waals surface area contributed by atoms with E-state index in [0.717, 1.165) is 0 Å². The van der Waals surface area contributed by atoms with Crippen LogP contribution < -0.4 is 4.74 Å². The summed E-state index contributed by atoms with van der Waals surface area (Å²) < 4.78 is 242. The quantitative estimate of drug-likeness (QED) is 0.199. The Bertz CT molecular complexity index is 1060. The van der Waals surface area contributed by atoms with Gasteiger partial charge in [0, 0.05) is 11.1 Å². The Morgan fingerprint density at radius 2 is 1.10 bits per heavy atom. The van der Waals surface area contributed by atoms with Gasteiger partial charge in [-0.1, -0.05) is 19.6 Å². The zero-order valence-electron chi connectivity index (χ0n) is 20.2. The van der Waals surface area contributed by atoms with E-state index in [1.807, 2.05) is 0 Å². The van der Waals surface area contributed by atoms with Crippen LogP contribution in [0.25, 0.3) is 6.08 Å². The standard InChI is InChI=1S/C22H19F17O/c1-5-11-9-12(7-8-13(11)40-10(3)4)15(24,25)17(28,29)19(32,33)21(36,37)22(38,39)20(34,35)18(30,31)16(26,27)14(23)6-2/h5,7-10,14H,1,6H2,2-4H3. The van der Waals surface area contributed by atoms with Gasteiger partial charge in [-0.15, -0.1) is 0 Å². The Kier molecular flexibility index (Phi) is 9.29. The van der Waals surface area contributed by atoms with Crippen LogP contribution in [0.15, 0.2) is 24.8 Å². The molecule has 0 aromatic heterocycles. The van der Waals surface area contributed by atoms with Gasteiger partial charge in [-0.3, -0.25) is 0 Å². The first-order valence-corrected chi connectivity index (χ1v) is 10.7. The van der Waals surface area contributed by atoms with Crippen LogP contribution in [-0.4, -0.2) is 53.7 Å². The average Bonchev–Trinajstić information content (AvgIpc) is 2.82. The summed E-state index contributed by atoms with van der Waals surface area (Å²) in [6.45, 7) is 6.09. The van der Waals surface area contributed by atoms with Gasteiger partial charge in [0.15, 0.2) is 6.17 Å². The van der Waals surface area contributed by atoms with Gasteiger partial charge < -0.3 is 4.74 Å². The van der Waals surface area contributed by atoms with Crippen LogP contribution in [0.4, 0.5) is 74.6 Å². The van der Waals surface area contributed by atoms with Crippen molar-refractivity contribution in [3.63, 3.8) is 0 Å². The van der Waals surface area contributed by atoms with Crippen molar-refractivity contribution in [1.29, 1.82) is 0 Å². The van der Waals surface area contributed by atoms with Gasteiger partial charge in [0.1, 0.15) is 5.75 Å². The molecule has 1 atom stereocenters. The minimum Gasteiger partial charge on any atom is -0.490 e. The molecule has 0 aliphatic heterocycles. The lowest BCUT2D eigenvalue weighted by Crippen LogP contribution is -2.75.